The number of piperidine rings is 1. The van der Waals surface area contributed by atoms with Crippen molar-refractivity contribution in [1.82, 2.24) is 9.97 Å². The Morgan fingerprint density at radius 3 is 2.42 bits per heavy atom. The first kappa shape index (κ1) is 26.7. The number of aryl methyl sites for hydroxylation is 3. The second kappa shape index (κ2) is 10.3. The van der Waals surface area contributed by atoms with Crippen LogP contribution in [0.5, 0.6) is 0 Å². The lowest BCUT2D eigenvalue weighted by atomic mass is 9.81. The van der Waals surface area contributed by atoms with E-state index in [1.807, 2.05) is 7.11 Å². The number of rotatable bonds is 5. The lowest BCUT2D eigenvalue weighted by molar-refractivity contribution is -0.00647. The minimum absolute atomic E-state index is 0.0424. The third kappa shape index (κ3) is 5.05. The Kier molecular flexibility index (Phi) is 7.25. The van der Waals surface area contributed by atoms with E-state index in [9.17, 15) is 0 Å². The van der Waals surface area contributed by atoms with E-state index in [1.165, 1.54) is 39.2 Å². The Bertz CT molecular complexity index is 1330. The predicted molar refractivity (Wildman–Crippen MR) is 158 cm³/mol. The molecular formula is C33H44N4O. The van der Waals surface area contributed by atoms with Gasteiger partial charge in [-0.05, 0) is 61.9 Å². The van der Waals surface area contributed by atoms with Gasteiger partial charge >= 0.3 is 0 Å². The minimum Gasteiger partial charge on any atom is -0.381 e. The molecule has 0 radical (unpaired) electrons. The fourth-order valence-corrected chi connectivity index (χ4v) is 6.24. The number of hydrogen-bond donors (Lipinski definition) is 0. The fourth-order valence-electron chi connectivity index (χ4n) is 6.24. The summed E-state index contributed by atoms with van der Waals surface area (Å²) in [7, 11) is 1.85. The minimum atomic E-state index is 0.0424. The molecule has 0 bridgehead atoms. The van der Waals surface area contributed by atoms with Crippen molar-refractivity contribution in [2.75, 3.05) is 36.5 Å². The van der Waals surface area contributed by atoms with Crippen molar-refractivity contribution in [3.63, 3.8) is 0 Å². The molecule has 0 N–H and O–H groups in total. The van der Waals surface area contributed by atoms with E-state index >= 15 is 0 Å². The molecule has 202 valence electrons. The van der Waals surface area contributed by atoms with Crippen molar-refractivity contribution in [3.8, 4) is 11.4 Å². The molecule has 0 aliphatic carbocycles. The molecule has 0 amide bonds. The molecule has 1 atom stereocenters. The topological polar surface area (TPSA) is 41.5 Å². The molecule has 38 heavy (non-hydrogen) atoms. The van der Waals surface area contributed by atoms with Gasteiger partial charge in [0.15, 0.2) is 5.82 Å². The van der Waals surface area contributed by atoms with E-state index in [2.05, 4.69) is 94.7 Å². The highest BCUT2D eigenvalue weighted by Gasteiger charge is 2.38. The molecule has 3 aromatic rings. The zero-order valence-corrected chi connectivity index (χ0v) is 24.6. The van der Waals surface area contributed by atoms with Crippen LogP contribution >= 0.6 is 0 Å². The summed E-state index contributed by atoms with van der Waals surface area (Å²) in [4.78, 5) is 15.6. The van der Waals surface area contributed by atoms with E-state index in [1.54, 1.807) is 0 Å². The summed E-state index contributed by atoms with van der Waals surface area (Å²) in [6, 6.07) is 13.5. The molecule has 5 heteroatoms. The number of benzene rings is 2. The van der Waals surface area contributed by atoms with E-state index in [-0.39, 0.29) is 11.5 Å². The highest BCUT2D eigenvalue weighted by molar-refractivity contribution is 5.66. The monoisotopic (exact) mass is 512 g/mol. The number of fused-ring (bicyclic) bond motifs is 1. The van der Waals surface area contributed by atoms with E-state index in [4.69, 9.17) is 14.7 Å². The predicted octanol–water partition coefficient (Wildman–Crippen LogP) is 7.01. The van der Waals surface area contributed by atoms with Crippen LogP contribution in [-0.2, 0) is 17.7 Å². The highest BCUT2D eigenvalue weighted by Crippen LogP contribution is 2.39. The van der Waals surface area contributed by atoms with Gasteiger partial charge in [0.1, 0.15) is 5.82 Å². The summed E-state index contributed by atoms with van der Waals surface area (Å²) < 4.78 is 5.88. The van der Waals surface area contributed by atoms with Crippen molar-refractivity contribution in [3.05, 3.63) is 69.9 Å². The van der Waals surface area contributed by atoms with Gasteiger partial charge in [-0.25, -0.2) is 9.97 Å². The molecule has 3 heterocycles. The van der Waals surface area contributed by atoms with Crippen LogP contribution in [0.15, 0.2) is 36.4 Å². The van der Waals surface area contributed by atoms with Gasteiger partial charge in [-0.3, -0.25) is 0 Å². The molecule has 0 spiro atoms. The van der Waals surface area contributed by atoms with Crippen LogP contribution in [0.1, 0.15) is 73.5 Å². The Hall–Kier alpha value is -2.92. The highest BCUT2D eigenvalue weighted by atomic mass is 16.5. The second-order valence-electron chi connectivity index (χ2n) is 12.4. The maximum Gasteiger partial charge on any atom is 0.162 e. The molecule has 2 aliphatic heterocycles. The van der Waals surface area contributed by atoms with Crippen molar-refractivity contribution >= 4 is 11.5 Å². The van der Waals surface area contributed by atoms with Crippen LogP contribution < -0.4 is 9.80 Å². The van der Waals surface area contributed by atoms with Gasteiger partial charge in [0, 0.05) is 61.9 Å². The van der Waals surface area contributed by atoms with Crippen LogP contribution in [0.4, 0.5) is 11.5 Å². The van der Waals surface area contributed by atoms with Crippen molar-refractivity contribution in [2.24, 2.45) is 5.41 Å². The number of hydrogen-bond acceptors (Lipinski definition) is 5. The summed E-state index contributed by atoms with van der Waals surface area (Å²) in [6.45, 7) is 19.4. The normalized spacial score (nSPS) is 19.1. The van der Waals surface area contributed by atoms with Crippen LogP contribution in [0.25, 0.3) is 11.4 Å². The first-order chi connectivity index (χ1) is 18.1. The molecule has 1 unspecified atom stereocenters. The third-order valence-corrected chi connectivity index (χ3v) is 8.63. The van der Waals surface area contributed by atoms with Crippen LogP contribution in [0.2, 0.25) is 0 Å². The molecule has 2 aliphatic rings. The van der Waals surface area contributed by atoms with Crippen LogP contribution in [-0.4, -0.2) is 42.8 Å². The smallest absolute Gasteiger partial charge is 0.162 e. The lowest BCUT2D eigenvalue weighted by Crippen LogP contribution is -2.50. The number of aromatic nitrogens is 2. The molecule has 2 aromatic carbocycles. The number of ether oxygens (including phenoxy) is 1. The Morgan fingerprint density at radius 1 is 0.947 bits per heavy atom. The average molecular weight is 513 g/mol. The molecule has 1 fully saturated rings. The third-order valence-electron chi connectivity index (χ3n) is 8.63. The van der Waals surface area contributed by atoms with Crippen molar-refractivity contribution in [2.45, 2.75) is 79.9 Å². The van der Waals surface area contributed by atoms with Gasteiger partial charge in [0.05, 0.1) is 11.8 Å². The van der Waals surface area contributed by atoms with Crippen LogP contribution in [0.3, 0.4) is 0 Å². The van der Waals surface area contributed by atoms with Gasteiger partial charge in [-0.2, -0.15) is 0 Å². The zero-order chi connectivity index (χ0) is 27.2. The summed E-state index contributed by atoms with van der Waals surface area (Å²) >= 11 is 0. The maximum atomic E-state index is 5.88. The number of anilines is 2. The largest absolute Gasteiger partial charge is 0.381 e. The van der Waals surface area contributed by atoms with Crippen molar-refractivity contribution in [1.29, 1.82) is 0 Å². The number of nitrogens with zero attached hydrogens (tertiary/aromatic N) is 4. The number of methoxy groups -OCH3 is 1. The molecule has 5 rings (SSSR count). The van der Waals surface area contributed by atoms with Gasteiger partial charge in [0.2, 0.25) is 0 Å². The first-order valence-corrected chi connectivity index (χ1v) is 14.2. The quantitative estimate of drug-likeness (QED) is 0.368. The van der Waals surface area contributed by atoms with Gasteiger partial charge < -0.3 is 14.5 Å². The first-order valence-electron chi connectivity index (χ1n) is 14.2. The summed E-state index contributed by atoms with van der Waals surface area (Å²) in [5.41, 5.74) is 10.2. The Morgan fingerprint density at radius 2 is 1.71 bits per heavy atom. The van der Waals surface area contributed by atoms with Crippen LogP contribution in [0, 0.1) is 26.2 Å². The van der Waals surface area contributed by atoms with Gasteiger partial charge in [-0.1, -0.05) is 57.5 Å². The second-order valence-corrected chi connectivity index (χ2v) is 12.4. The van der Waals surface area contributed by atoms with Gasteiger partial charge in [-0.15, -0.1) is 0 Å². The Balaban J connectivity index is 1.60. The zero-order valence-electron chi connectivity index (χ0n) is 24.6. The molecule has 1 saturated heterocycles. The van der Waals surface area contributed by atoms with Crippen molar-refractivity contribution < 1.29 is 4.74 Å². The molecular weight excluding hydrogens is 468 g/mol. The van der Waals surface area contributed by atoms with Gasteiger partial charge in [0.25, 0.3) is 0 Å². The molecule has 5 nitrogen and oxygen atoms in total. The average Bonchev–Trinajstić information content (AvgIpc) is 2.88. The van der Waals surface area contributed by atoms with E-state index in [0.29, 0.717) is 5.92 Å². The Labute approximate surface area is 229 Å². The fraction of sp³-hybridized carbons (Fsp3) is 0.515. The molecule has 0 saturated carbocycles. The standard InChI is InChI=1S/C33H44N4O/c1-21(2)25-12-11-24(5)29(18-25)36-15-13-28-27(19-36)32(37-16-14-30(38-8)33(6,7)20-37)35-31(34-28)26-17-22(3)9-10-23(26)4/h9-12,17-18,21,30H,13-16,19-20H2,1-8H3. The SMILES string of the molecule is COC1CCN(c2nc(-c3cc(C)ccc3C)nc3c2CN(c2cc(C(C)C)ccc2C)CC3)CC1(C)C. The molecule has 1 aromatic heterocycles. The summed E-state index contributed by atoms with van der Waals surface area (Å²) in [5.74, 6) is 2.48. The maximum absolute atomic E-state index is 5.88. The lowest BCUT2D eigenvalue weighted by Gasteiger charge is -2.45. The summed E-state index contributed by atoms with van der Waals surface area (Å²) in [5, 5.41) is 0. The van der Waals surface area contributed by atoms with E-state index < -0.39 is 0 Å². The summed E-state index contributed by atoms with van der Waals surface area (Å²) in [6.07, 6.45) is 2.18. The van der Waals surface area contributed by atoms with E-state index in [0.717, 1.165) is 56.2 Å².